The molecule has 0 unspecified atom stereocenters. The molecule has 0 nitrogen and oxygen atoms in total. The first-order chi connectivity index (χ1) is 3.41. The van der Waals surface area contributed by atoms with Crippen molar-refractivity contribution in [3.63, 3.8) is 0 Å². The van der Waals surface area contributed by atoms with Crippen molar-refractivity contribution >= 4 is 0 Å². The summed E-state index contributed by atoms with van der Waals surface area (Å²) in [6.45, 7) is 1.52. The van der Waals surface area contributed by atoms with E-state index in [0.717, 1.165) is 0 Å². The van der Waals surface area contributed by atoms with E-state index in [1.165, 1.54) is 0 Å². The molecule has 0 heterocycles. The lowest BCUT2D eigenvalue weighted by molar-refractivity contribution is 0.477. The van der Waals surface area contributed by atoms with Crippen LogP contribution in [-0.4, -0.2) is 6.67 Å². The molecule has 0 aliphatic heterocycles. The molecule has 0 rings (SSSR count). The van der Waals surface area contributed by atoms with Gasteiger partial charge in [-0.1, -0.05) is 0 Å². The van der Waals surface area contributed by atoms with Crippen LogP contribution in [0.5, 0.6) is 0 Å². The molecule has 0 aromatic heterocycles. The summed E-state index contributed by atoms with van der Waals surface area (Å²) in [4.78, 5) is 0. The fraction of sp³-hybridized carbons (Fsp3) is 0.667. The molecule has 0 radical (unpaired) electrons. The zero-order chi connectivity index (χ0) is 5.54. The smallest absolute Gasteiger partial charge is 0.0903 e. The number of unbranched alkanes of at least 4 members (excludes halogenated alkanes) is 1. The molecule has 0 N–H and O–H groups in total. The highest BCUT2D eigenvalue weighted by atomic mass is 19.1. The van der Waals surface area contributed by atoms with Crippen LogP contribution in [0, 0.1) is 11.8 Å². The van der Waals surface area contributed by atoms with E-state index >= 15 is 0 Å². The van der Waals surface area contributed by atoms with Crippen molar-refractivity contribution in [2.24, 2.45) is 0 Å². The molecule has 0 aliphatic carbocycles. The zero-order valence-corrected chi connectivity index (χ0v) is 4.50. The van der Waals surface area contributed by atoms with Crippen LogP contribution < -0.4 is 0 Å². The van der Waals surface area contributed by atoms with Gasteiger partial charge in [-0.15, -0.1) is 11.8 Å². The second-order valence-electron chi connectivity index (χ2n) is 1.22. The van der Waals surface area contributed by atoms with E-state index in [1.54, 1.807) is 6.92 Å². The first kappa shape index (κ1) is 6.49. The van der Waals surface area contributed by atoms with Crippen molar-refractivity contribution in [1.29, 1.82) is 0 Å². The third-order valence-electron chi connectivity index (χ3n) is 0.612. The summed E-state index contributed by atoms with van der Waals surface area (Å²) in [7, 11) is 0. The highest BCUT2D eigenvalue weighted by Gasteiger charge is 1.75. The van der Waals surface area contributed by atoms with Gasteiger partial charge in [0, 0.05) is 6.42 Å². The Morgan fingerprint density at radius 2 is 2.29 bits per heavy atom. The molecule has 0 aliphatic rings. The summed E-state index contributed by atoms with van der Waals surface area (Å²) in [5.74, 6) is 5.44. The highest BCUT2D eigenvalue weighted by molar-refractivity contribution is 4.94. The third-order valence-corrected chi connectivity index (χ3v) is 0.612. The Morgan fingerprint density at radius 1 is 1.57 bits per heavy atom. The lowest BCUT2D eigenvalue weighted by Crippen LogP contribution is -1.70. The van der Waals surface area contributed by atoms with Crippen LogP contribution in [-0.2, 0) is 0 Å². The van der Waals surface area contributed by atoms with Crippen LogP contribution in [0.1, 0.15) is 19.8 Å². The van der Waals surface area contributed by atoms with Gasteiger partial charge in [-0.05, 0) is 13.3 Å². The van der Waals surface area contributed by atoms with Crippen LogP contribution in [0.2, 0.25) is 0 Å². The fourth-order valence-electron chi connectivity index (χ4n) is 0.280. The Hall–Kier alpha value is -0.510. The van der Waals surface area contributed by atoms with Gasteiger partial charge in [-0.3, -0.25) is 4.39 Å². The molecule has 0 saturated heterocycles. The summed E-state index contributed by atoms with van der Waals surface area (Å²) in [5, 5.41) is 0. The maximum atomic E-state index is 11.2. The van der Waals surface area contributed by atoms with Crippen molar-refractivity contribution in [3.05, 3.63) is 0 Å². The number of hydrogen-bond acceptors (Lipinski definition) is 0. The van der Waals surface area contributed by atoms with Crippen molar-refractivity contribution in [3.8, 4) is 11.8 Å². The van der Waals surface area contributed by atoms with Crippen LogP contribution in [0.4, 0.5) is 4.39 Å². The van der Waals surface area contributed by atoms with Crippen LogP contribution in [0.25, 0.3) is 0 Å². The monoisotopic (exact) mass is 100 g/mol. The van der Waals surface area contributed by atoms with E-state index in [2.05, 4.69) is 11.8 Å². The second kappa shape index (κ2) is 5.49. The Kier molecular flexibility index (Phi) is 5.09. The highest BCUT2D eigenvalue weighted by Crippen LogP contribution is 1.84. The molecule has 0 spiro atoms. The van der Waals surface area contributed by atoms with E-state index in [1.807, 2.05) is 0 Å². The number of halogens is 1. The van der Waals surface area contributed by atoms with Gasteiger partial charge in [0.05, 0.1) is 6.67 Å². The second-order valence-corrected chi connectivity index (χ2v) is 1.22. The zero-order valence-electron chi connectivity index (χ0n) is 4.50. The summed E-state index contributed by atoms with van der Waals surface area (Å²) < 4.78 is 11.2. The number of hydrogen-bond donors (Lipinski definition) is 0. The molecule has 0 aromatic carbocycles. The van der Waals surface area contributed by atoms with Crippen molar-refractivity contribution in [1.82, 2.24) is 0 Å². The van der Waals surface area contributed by atoms with E-state index in [9.17, 15) is 4.39 Å². The van der Waals surface area contributed by atoms with Crippen LogP contribution in [0.15, 0.2) is 0 Å². The average molecular weight is 100 g/mol. The average Bonchev–Trinajstić information content (AvgIpc) is 1.69. The first-order valence-corrected chi connectivity index (χ1v) is 2.37. The molecule has 0 bridgehead atoms. The molecular formula is C6H9F. The van der Waals surface area contributed by atoms with Gasteiger partial charge < -0.3 is 0 Å². The van der Waals surface area contributed by atoms with E-state index < -0.39 is 0 Å². The van der Waals surface area contributed by atoms with Crippen LogP contribution in [0.3, 0.4) is 0 Å². The largest absolute Gasteiger partial charge is 0.251 e. The van der Waals surface area contributed by atoms with Gasteiger partial charge in [-0.2, -0.15) is 0 Å². The van der Waals surface area contributed by atoms with Crippen molar-refractivity contribution < 1.29 is 4.39 Å². The topological polar surface area (TPSA) is 0 Å². The summed E-state index contributed by atoms with van der Waals surface area (Å²) in [5.41, 5.74) is 0. The van der Waals surface area contributed by atoms with Gasteiger partial charge in [0.15, 0.2) is 0 Å². The van der Waals surface area contributed by atoms with Gasteiger partial charge >= 0.3 is 0 Å². The summed E-state index contributed by atoms with van der Waals surface area (Å²) in [6.07, 6.45) is 1.29. The Labute approximate surface area is 43.7 Å². The Morgan fingerprint density at radius 3 is 2.71 bits per heavy atom. The lowest BCUT2D eigenvalue weighted by Gasteiger charge is -1.78. The summed E-state index contributed by atoms with van der Waals surface area (Å²) >= 11 is 0. The maximum absolute atomic E-state index is 11.2. The van der Waals surface area contributed by atoms with Gasteiger partial charge in [0.2, 0.25) is 0 Å². The predicted octanol–water partition coefficient (Wildman–Crippen LogP) is 1.76. The minimum absolute atomic E-state index is 0.241. The molecule has 7 heavy (non-hydrogen) atoms. The molecule has 0 fully saturated rings. The first-order valence-electron chi connectivity index (χ1n) is 2.37. The molecule has 0 aromatic rings. The third kappa shape index (κ3) is 5.49. The van der Waals surface area contributed by atoms with Crippen molar-refractivity contribution in [2.45, 2.75) is 19.8 Å². The molecule has 1 heteroatoms. The van der Waals surface area contributed by atoms with Gasteiger partial charge in [-0.25, -0.2) is 0 Å². The number of rotatable bonds is 2. The van der Waals surface area contributed by atoms with Gasteiger partial charge in [0.25, 0.3) is 0 Å². The van der Waals surface area contributed by atoms with Gasteiger partial charge in [0.1, 0.15) is 0 Å². The molecule has 0 saturated carbocycles. The van der Waals surface area contributed by atoms with E-state index in [4.69, 9.17) is 0 Å². The van der Waals surface area contributed by atoms with E-state index in [-0.39, 0.29) is 6.67 Å². The Bertz CT molecular complexity index is 75.9. The molecule has 0 amide bonds. The predicted molar refractivity (Wildman–Crippen MR) is 28.7 cm³/mol. The Balaban J connectivity index is 2.78. The standard InChI is InChI=1S/C6H9F/c1-2-3-4-5-6-7/h4-6H2,1H3. The number of alkyl halides is 1. The molecule has 0 atom stereocenters. The van der Waals surface area contributed by atoms with E-state index in [0.29, 0.717) is 12.8 Å². The van der Waals surface area contributed by atoms with Crippen molar-refractivity contribution in [2.75, 3.05) is 6.67 Å². The SMILES string of the molecule is CC#CCCCF. The minimum atomic E-state index is -0.241. The molecular weight excluding hydrogens is 91.1 g/mol. The quantitative estimate of drug-likeness (QED) is 0.366. The fourth-order valence-corrected chi connectivity index (χ4v) is 0.280. The minimum Gasteiger partial charge on any atom is -0.251 e. The normalized spacial score (nSPS) is 7.14. The summed E-state index contributed by atoms with van der Waals surface area (Å²) in [6, 6.07) is 0. The molecule has 40 valence electrons. The van der Waals surface area contributed by atoms with Crippen LogP contribution >= 0.6 is 0 Å². The maximum Gasteiger partial charge on any atom is 0.0903 e. The lowest BCUT2D eigenvalue weighted by atomic mass is 10.3.